The number of rotatable bonds is 6. The highest BCUT2D eigenvalue weighted by atomic mass is 16.3. The van der Waals surface area contributed by atoms with Crippen LogP contribution < -0.4 is 5.32 Å². The molecule has 0 aliphatic heterocycles. The van der Waals surface area contributed by atoms with Gasteiger partial charge in [0.05, 0.1) is 11.8 Å². The first-order valence-electron chi connectivity index (χ1n) is 7.97. The van der Waals surface area contributed by atoms with Crippen LogP contribution in [-0.2, 0) is 13.6 Å². The van der Waals surface area contributed by atoms with Crippen LogP contribution in [0.25, 0.3) is 0 Å². The van der Waals surface area contributed by atoms with Crippen LogP contribution in [0.2, 0.25) is 0 Å². The van der Waals surface area contributed by atoms with E-state index in [1.165, 1.54) is 30.5 Å². The molecule has 1 fully saturated rings. The van der Waals surface area contributed by atoms with Gasteiger partial charge >= 0.3 is 0 Å². The maximum absolute atomic E-state index is 9.95. The Morgan fingerprint density at radius 3 is 2.70 bits per heavy atom. The molecular weight excluding hydrogens is 250 g/mol. The standard InChI is InChI=1S/C16H29N3O/c1-12-15(13(2)19(3)18-12)11-17-10-6-8-14-7-4-5-9-16(14)20/h14,16-17,20H,4-11H2,1-3H3. The lowest BCUT2D eigenvalue weighted by Crippen LogP contribution is -2.25. The minimum absolute atomic E-state index is 0.0495. The fraction of sp³-hybridized carbons (Fsp3) is 0.812. The van der Waals surface area contributed by atoms with Gasteiger partial charge in [0.1, 0.15) is 0 Å². The Balaban J connectivity index is 1.66. The fourth-order valence-electron chi connectivity index (χ4n) is 3.30. The Morgan fingerprint density at radius 1 is 1.30 bits per heavy atom. The molecule has 20 heavy (non-hydrogen) atoms. The summed E-state index contributed by atoms with van der Waals surface area (Å²) in [5.74, 6) is 0.535. The molecule has 1 saturated carbocycles. The van der Waals surface area contributed by atoms with Crippen molar-refractivity contribution < 1.29 is 5.11 Å². The van der Waals surface area contributed by atoms with Crippen LogP contribution in [0.5, 0.6) is 0 Å². The van der Waals surface area contributed by atoms with Gasteiger partial charge < -0.3 is 10.4 Å². The molecule has 4 nitrogen and oxygen atoms in total. The number of nitrogens with one attached hydrogen (secondary N) is 1. The third-order valence-corrected chi connectivity index (χ3v) is 4.76. The summed E-state index contributed by atoms with van der Waals surface area (Å²) in [6.45, 7) is 6.12. The first kappa shape index (κ1) is 15.5. The van der Waals surface area contributed by atoms with Gasteiger partial charge in [0, 0.05) is 24.8 Å². The molecule has 2 N–H and O–H groups in total. The third kappa shape index (κ3) is 3.83. The molecule has 0 radical (unpaired) electrons. The van der Waals surface area contributed by atoms with Crippen LogP contribution >= 0.6 is 0 Å². The second-order valence-electron chi connectivity index (χ2n) is 6.20. The molecule has 0 aromatic carbocycles. The van der Waals surface area contributed by atoms with E-state index < -0.39 is 0 Å². The summed E-state index contributed by atoms with van der Waals surface area (Å²) >= 11 is 0. The zero-order valence-corrected chi connectivity index (χ0v) is 13.2. The maximum Gasteiger partial charge on any atom is 0.0641 e. The van der Waals surface area contributed by atoms with Crippen molar-refractivity contribution in [1.82, 2.24) is 15.1 Å². The molecule has 114 valence electrons. The second kappa shape index (κ2) is 7.23. The zero-order chi connectivity index (χ0) is 14.5. The van der Waals surface area contributed by atoms with Gasteiger partial charge in [-0.2, -0.15) is 5.10 Å². The maximum atomic E-state index is 9.95. The number of nitrogens with zero attached hydrogens (tertiary/aromatic N) is 2. The lowest BCUT2D eigenvalue weighted by atomic mass is 9.83. The van der Waals surface area contributed by atoms with Gasteiger partial charge in [-0.25, -0.2) is 0 Å². The van der Waals surface area contributed by atoms with Crippen molar-refractivity contribution >= 4 is 0 Å². The van der Waals surface area contributed by atoms with Gasteiger partial charge in [0.2, 0.25) is 0 Å². The smallest absolute Gasteiger partial charge is 0.0641 e. The molecular formula is C16H29N3O. The number of hydrogen-bond donors (Lipinski definition) is 2. The Kier molecular flexibility index (Phi) is 5.61. The van der Waals surface area contributed by atoms with Crippen LogP contribution in [0.15, 0.2) is 0 Å². The fourth-order valence-corrected chi connectivity index (χ4v) is 3.30. The molecule has 0 saturated heterocycles. The monoisotopic (exact) mass is 279 g/mol. The van der Waals surface area contributed by atoms with Gasteiger partial charge in [-0.05, 0) is 52.0 Å². The Labute approximate surface area is 122 Å². The molecule has 2 atom stereocenters. The van der Waals surface area contributed by atoms with Crippen molar-refractivity contribution in [3.63, 3.8) is 0 Å². The van der Waals surface area contributed by atoms with Crippen molar-refractivity contribution in [2.24, 2.45) is 13.0 Å². The largest absolute Gasteiger partial charge is 0.393 e. The van der Waals surface area contributed by atoms with Crippen LogP contribution in [0.3, 0.4) is 0 Å². The minimum atomic E-state index is -0.0495. The molecule has 1 aliphatic carbocycles. The summed E-state index contributed by atoms with van der Waals surface area (Å²) in [6.07, 6.45) is 6.97. The second-order valence-corrected chi connectivity index (χ2v) is 6.20. The van der Waals surface area contributed by atoms with Crippen LogP contribution in [0, 0.1) is 19.8 Å². The van der Waals surface area contributed by atoms with Gasteiger partial charge in [0.25, 0.3) is 0 Å². The molecule has 0 bridgehead atoms. The van der Waals surface area contributed by atoms with Crippen molar-refractivity contribution in [3.05, 3.63) is 17.0 Å². The van der Waals surface area contributed by atoms with Crippen molar-refractivity contribution in [3.8, 4) is 0 Å². The average Bonchev–Trinajstić information content (AvgIpc) is 2.66. The number of aliphatic hydroxyl groups excluding tert-OH is 1. The van der Waals surface area contributed by atoms with Gasteiger partial charge in [0.15, 0.2) is 0 Å². The molecule has 2 unspecified atom stereocenters. The van der Waals surface area contributed by atoms with Crippen molar-refractivity contribution in [2.75, 3.05) is 6.54 Å². The molecule has 1 aliphatic rings. The highest BCUT2D eigenvalue weighted by molar-refractivity contribution is 5.23. The highest BCUT2D eigenvalue weighted by Gasteiger charge is 2.22. The predicted molar refractivity (Wildman–Crippen MR) is 81.6 cm³/mol. The summed E-state index contributed by atoms with van der Waals surface area (Å²) in [5, 5.41) is 17.9. The molecule has 4 heteroatoms. The quantitative estimate of drug-likeness (QED) is 0.787. The van der Waals surface area contributed by atoms with Crippen molar-refractivity contribution in [1.29, 1.82) is 0 Å². The topological polar surface area (TPSA) is 50.1 Å². The Morgan fingerprint density at radius 2 is 2.05 bits per heavy atom. The summed E-state index contributed by atoms with van der Waals surface area (Å²) in [5.41, 5.74) is 3.70. The lowest BCUT2D eigenvalue weighted by Gasteiger charge is -2.27. The summed E-state index contributed by atoms with van der Waals surface area (Å²) in [4.78, 5) is 0. The summed E-state index contributed by atoms with van der Waals surface area (Å²) in [6, 6.07) is 0. The Hall–Kier alpha value is -0.870. The summed E-state index contributed by atoms with van der Waals surface area (Å²) in [7, 11) is 2.00. The minimum Gasteiger partial charge on any atom is -0.393 e. The van der Waals surface area contributed by atoms with E-state index in [4.69, 9.17) is 0 Å². The average molecular weight is 279 g/mol. The third-order valence-electron chi connectivity index (χ3n) is 4.76. The number of hydrogen-bond acceptors (Lipinski definition) is 3. The van der Waals surface area contributed by atoms with Crippen LogP contribution in [0.4, 0.5) is 0 Å². The molecule has 1 aromatic rings. The first-order valence-corrected chi connectivity index (χ1v) is 7.97. The molecule has 0 amide bonds. The van der Waals surface area contributed by atoms with E-state index in [0.717, 1.165) is 38.0 Å². The zero-order valence-electron chi connectivity index (χ0n) is 13.2. The van der Waals surface area contributed by atoms with E-state index >= 15 is 0 Å². The molecule has 1 aromatic heterocycles. The van der Waals surface area contributed by atoms with Crippen LogP contribution in [-0.4, -0.2) is 27.5 Å². The highest BCUT2D eigenvalue weighted by Crippen LogP contribution is 2.27. The molecule has 0 spiro atoms. The van der Waals surface area contributed by atoms with E-state index in [-0.39, 0.29) is 6.10 Å². The van der Waals surface area contributed by atoms with Crippen LogP contribution in [0.1, 0.15) is 55.5 Å². The number of aliphatic hydroxyl groups is 1. The van der Waals surface area contributed by atoms with E-state index in [0.29, 0.717) is 5.92 Å². The number of aryl methyl sites for hydroxylation is 2. The lowest BCUT2D eigenvalue weighted by molar-refractivity contribution is 0.0643. The van der Waals surface area contributed by atoms with E-state index in [9.17, 15) is 5.11 Å². The van der Waals surface area contributed by atoms with E-state index in [2.05, 4.69) is 24.3 Å². The normalized spacial score (nSPS) is 23.2. The van der Waals surface area contributed by atoms with E-state index in [1.807, 2.05) is 11.7 Å². The molecule has 1 heterocycles. The first-order chi connectivity index (χ1) is 9.59. The Bertz CT molecular complexity index is 428. The van der Waals surface area contributed by atoms with E-state index in [1.54, 1.807) is 0 Å². The SMILES string of the molecule is Cc1nn(C)c(C)c1CNCCCC1CCCCC1O. The predicted octanol–water partition coefficient (Wildman–Crippen LogP) is 2.46. The van der Waals surface area contributed by atoms with Gasteiger partial charge in [-0.1, -0.05) is 12.8 Å². The van der Waals surface area contributed by atoms with Gasteiger partial charge in [-0.15, -0.1) is 0 Å². The van der Waals surface area contributed by atoms with Crippen molar-refractivity contribution in [2.45, 2.75) is 65.0 Å². The number of aromatic nitrogens is 2. The molecule has 2 rings (SSSR count). The summed E-state index contributed by atoms with van der Waals surface area (Å²) < 4.78 is 1.95. The van der Waals surface area contributed by atoms with Gasteiger partial charge in [-0.3, -0.25) is 4.68 Å².